The van der Waals surface area contributed by atoms with Gasteiger partial charge in [-0.15, -0.1) is 11.7 Å². The van der Waals surface area contributed by atoms with E-state index < -0.39 is 0 Å². The molecule has 0 aliphatic heterocycles. The third kappa shape index (κ3) is 5.21. The summed E-state index contributed by atoms with van der Waals surface area (Å²) in [6.45, 7) is 7.21. The lowest BCUT2D eigenvalue weighted by Gasteiger charge is -1.89. The van der Waals surface area contributed by atoms with Crippen molar-refractivity contribution in [3.63, 3.8) is 0 Å². The molecule has 0 bridgehead atoms. The first kappa shape index (κ1) is 6.21. The molecule has 2 nitrogen and oxygen atoms in total. The van der Waals surface area contributed by atoms with Crippen LogP contribution in [0.4, 0.5) is 0 Å². The van der Waals surface area contributed by atoms with Crippen molar-refractivity contribution in [3.05, 3.63) is 12.7 Å². The molecule has 0 fully saturated rings. The molecule has 0 rings (SSSR count). The lowest BCUT2D eigenvalue weighted by atomic mass is 10.5. The van der Waals surface area contributed by atoms with Crippen molar-refractivity contribution in [2.45, 2.75) is 6.42 Å². The van der Waals surface area contributed by atoms with Crippen LogP contribution in [0.25, 0.3) is 0 Å². The average Bonchev–Trinajstić information content (AvgIpc) is 1.69. The summed E-state index contributed by atoms with van der Waals surface area (Å²) in [4.78, 5) is 4.52. The molecule has 0 aromatic heterocycles. The molecule has 0 saturated carbocycles. The molecule has 7 heavy (non-hydrogen) atoms. The molecule has 2 heteroatoms. The fraction of sp³-hybridized carbons (Fsp3) is 0.400. The number of oxime groups is 1. The molecule has 0 saturated heterocycles. The fourth-order valence-corrected chi connectivity index (χ4v) is 0.201. The highest BCUT2D eigenvalue weighted by molar-refractivity contribution is 5.21. The summed E-state index contributed by atoms with van der Waals surface area (Å²) in [5.41, 5.74) is 0. The monoisotopic (exact) mass is 99.1 g/mol. The Bertz CT molecular complexity index is 53.1. The predicted octanol–water partition coefficient (Wildman–Crippen LogP) is 1.19. The maximum atomic E-state index is 4.52. The van der Waals surface area contributed by atoms with Crippen molar-refractivity contribution in [2.24, 2.45) is 5.16 Å². The zero-order valence-electron chi connectivity index (χ0n) is 4.26. The van der Waals surface area contributed by atoms with Crippen LogP contribution in [0.1, 0.15) is 6.42 Å². The van der Waals surface area contributed by atoms with Crippen molar-refractivity contribution in [1.82, 2.24) is 0 Å². The van der Waals surface area contributed by atoms with Crippen molar-refractivity contribution in [1.29, 1.82) is 0 Å². The van der Waals surface area contributed by atoms with Gasteiger partial charge < -0.3 is 4.84 Å². The van der Waals surface area contributed by atoms with E-state index in [0.717, 1.165) is 6.42 Å². The zero-order chi connectivity index (χ0) is 5.54. The largest absolute Gasteiger partial charge is 0.396 e. The lowest BCUT2D eigenvalue weighted by molar-refractivity contribution is 0.152. The van der Waals surface area contributed by atoms with Gasteiger partial charge in [0.25, 0.3) is 0 Å². The Kier molecular flexibility index (Phi) is 4.62. The third-order valence-corrected chi connectivity index (χ3v) is 0.505. The SMILES string of the molecule is C=CCCON=C. The smallest absolute Gasteiger partial charge is 0.120 e. The number of hydrogen-bond donors (Lipinski definition) is 0. The van der Waals surface area contributed by atoms with Crippen LogP contribution in [-0.2, 0) is 4.84 Å². The quantitative estimate of drug-likeness (QED) is 0.224. The summed E-state index contributed by atoms with van der Waals surface area (Å²) in [7, 11) is 0. The third-order valence-electron chi connectivity index (χ3n) is 0.505. The Labute approximate surface area is 43.5 Å². The van der Waals surface area contributed by atoms with Crippen LogP contribution in [0.3, 0.4) is 0 Å². The highest BCUT2D eigenvalue weighted by atomic mass is 16.6. The van der Waals surface area contributed by atoms with Gasteiger partial charge in [-0.25, -0.2) is 0 Å². The summed E-state index contributed by atoms with van der Waals surface area (Å²) in [6, 6.07) is 0. The van der Waals surface area contributed by atoms with Crippen LogP contribution in [0, 0.1) is 0 Å². The molecular formula is C5H9NO. The van der Waals surface area contributed by atoms with Crippen LogP contribution in [-0.4, -0.2) is 13.3 Å². The summed E-state index contributed by atoms with van der Waals surface area (Å²) in [5, 5.41) is 3.18. The Morgan fingerprint density at radius 2 is 2.43 bits per heavy atom. The van der Waals surface area contributed by atoms with Gasteiger partial charge in [0.1, 0.15) is 6.61 Å². The molecule has 0 amide bonds. The molecule has 0 unspecified atom stereocenters. The van der Waals surface area contributed by atoms with Crippen molar-refractivity contribution in [2.75, 3.05) is 6.61 Å². The second-order valence-corrected chi connectivity index (χ2v) is 1.04. The number of nitrogens with zero attached hydrogens (tertiary/aromatic N) is 1. The summed E-state index contributed by atoms with van der Waals surface area (Å²) >= 11 is 0. The van der Waals surface area contributed by atoms with Crippen molar-refractivity contribution >= 4 is 6.72 Å². The molecular weight excluding hydrogens is 90.1 g/mol. The minimum absolute atomic E-state index is 0.590. The Balaban J connectivity index is 2.68. The highest BCUT2D eigenvalue weighted by Crippen LogP contribution is 1.80. The minimum Gasteiger partial charge on any atom is -0.396 e. The molecule has 0 aliphatic carbocycles. The van der Waals surface area contributed by atoms with Gasteiger partial charge in [-0.1, -0.05) is 6.08 Å². The first-order chi connectivity index (χ1) is 3.41. The molecule has 0 aromatic rings. The molecule has 40 valence electrons. The maximum absolute atomic E-state index is 4.52. The number of rotatable bonds is 4. The van der Waals surface area contributed by atoms with Gasteiger partial charge in [0, 0.05) is 13.1 Å². The normalized spacial score (nSPS) is 7.43. The molecule has 0 aliphatic rings. The molecule has 0 atom stereocenters. The molecule has 0 heterocycles. The average molecular weight is 99.1 g/mol. The first-order valence-electron chi connectivity index (χ1n) is 2.10. The van der Waals surface area contributed by atoms with E-state index in [4.69, 9.17) is 0 Å². The van der Waals surface area contributed by atoms with E-state index in [1.165, 1.54) is 0 Å². The Morgan fingerprint density at radius 3 is 2.86 bits per heavy atom. The van der Waals surface area contributed by atoms with Crippen molar-refractivity contribution in [3.8, 4) is 0 Å². The topological polar surface area (TPSA) is 21.6 Å². The molecule has 0 radical (unpaired) electrons. The van der Waals surface area contributed by atoms with Crippen LogP contribution in [0.15, 0.2) is 17.8 Å². The second-order valence-electron chi connectivity index (χ2n) is 1.04. The van der Waals surface area contributed by atoms with Crippen molar-refractivity contribution < 1.29 is 4.84 Å². The van der Waals surface area contributed by atoms with Crippen LogP contribution in [0.5, 0.6) is 0 Å². The van der Waals surface area contributed by atoms with Crippen LogP contribution in [0.2, 0.25) is 0 Å². The van der Waals surface area contributed by atoms with E-state index >= 15 is 0 Å². The van der Waals surface area contributed by atoms with Crippen LogP contribution >= 0.6 is 0 Å². The van der Waals surface area contributed by atoms with E-state index in [1.54, 1.807) is 6.08 Å². The lowest BCUT2D eigenvalue weighted by Crippen LogP contribution is -1.81. The maximum Gasteiger partial charge on any atom is 0.120 e. The highest BCUT2D eigenvalue weighted by Gasteiger charge is 1.73. The Morgan fingerprint density at radius 1 is 1.71 bits per heavy atom. The zero-order valence-corrected chi connectivity index (χ0v) is 4.26. The van der Waals surface area contributed by atoms with E-state index in [1.807, 2.05) is 0 Å². The minimum atomic E-state index is 0.590. The van der Waals surface area contributed by atoms with E-state index in [9.17, 15) is 0 Å². The summed E-state index contributed by atoms with van der Waals surface area (Å²) in [6.07, 6.45) is 2.60. The van der Waals surface area contributed by atoms with Gasteiger partial charge in [0.05, 0.1) is 0 Å². The van der Waals surface area contributed by atoms with Gasteiger partial charge in [-0.05, 0) is 0 Å². The molecule has 0 N–H and O–H groups in total. The van der Waals surface area contributed by atoms with Crippen LogP contribution < -0.4 is 0 Å². The Hall–Kier alpha value is -0.790. The van der Waals surface area contributed by atoms with E-state index in [2.05, 4.69) is 23.3 Å². The van der Waals surface area contributed by atoms with Gasteiger partial charge in [-0.3, -0.25) is 0 Å². The predicted molar refractivity (Wildman–Crippen MR) is 30.3 cm³/mol. The molecule has 0 spiro atoms. The van der Waals surface area contributed by atoms with E-state index in [0.29, 0.717) is 6.61 Å². The van der Waals surface area contributed by atoms with Gasteiger partial charge >= 0.3 is 0 Å². The van der Waals surface area contributed by atoms with Gasteiger partial charge in [-0.2, -0.15) is 0 Å². The van der Waals surface area contributed by atoms with E-state index in [-0.39, 0.29) is 0 Å². The van der Waals surface area contributed by atoms with Gasteiger partial charge in [0.2, 0.25) is 0 Å². The summed E-state index contributed by atoms with van der Waals surface area (Å²) < 4.78 is 0. The number of hydrogen-bond acceptors (Lipinski definition) is 2. The second kappa shape index (κ2) is 5.21. The molecule has 0 aromatic carbocycles. The van der Waals surface area contributed by atoms with Gasteiger partial charge in [0.15, 0.2) is 0 Å². The summed E-state index contributed by atoms with van der Waals surface area (Å²) in [5.74, 6) is 0. The standard InChI is InChI=1S/C5H9NO/c1-3-4-5-7-6-2/h3H,1-2,4-5H2. The first-order valence-corrected chi connectivity index (χ1v) is 2.10. The fourth-order valence-electron chi connectivity index (χ4n) is 0.201.